The molecule has 0 N–H and O–H groups in total. The number of rotatable bonds is 8. The summed E-state index contributed by atoms with van der Waals surface area (Å²) >= 11 is 6.17. The van der Waals surface area contributed by atoms with E-state index in [1.54, 1.807) is 23.8 Å². The zero-order valence-electron chi connectivity index (χ0n) is 17.3. The fourth-order valence-corrected chi connectivity index (χ4v) is 3.30. The van der Waals surface area contributed by atoms with Crippen molar-refractivity contribution in [2.45, 2.75) is 6.61 Å². The van der Waals surface area contributed by atoms with Crippen molar-refractivity contribution in [2.24, 2.45) is 0 Å². The number of aromatic nitrogens is 3. The van der Waals surface area contributed by atoms with Crippen LogP contribution in [0.2, 0.25) is 5.02 Å². The summed E-state index contributed by atoms with van der Waals surface area (Å²) in [5.41, 5.74) is 2.28. The van der Waals surface area contributed by atoms with Gasteiger partial charge in [-0.25, -0.2) is 9.36 Å². The lowest BCUT2D eigenvalue weighted by Gasteiger charge is -2.14. The number of nitrogens with zero attached hydrogens (tertiary/aromatic N) is 3. The average molecular weight is 450 g/mol. The molecule has 0 fully saturated rings. The Kier molecular flexibility index (Phi) is 6.67. The molecular weight excluding hydrogens is 430 g/mol. The topological polar surface area (TPSA) is 75.5 Å². The molecule has 7 nitrogen and oxygen atoms in total. The molecule has 32 heavy (non-hydrogen) atoms. The van der Waals surface area contributed by atoms with Crippen LogP contribution in [-0.4, -0.2) is 34.5 Å². The molecule has 4 rings (SSSR count). The van der Waals surface area contributed by atoms with Gasteiger partial charge in [-0.15, -0.1) is 5.10 Å². The van der Waals surface area contributed by atoms with Gasteiger partial charge in [0, 0.05) is 10.6 Å². The maximum Gasteiger partial charge on any atom is 0.344 e. The van der Waals surface area contributed by atoms with E-state index in [0.29, 0.717) is 22.3 Å². The van der Waals surface area contributed by atoms with E-state index in [2.05, 4.69) is 10.2 Å². The quantitative estimate of drug-likeness (QED) is 0.362. The summed E-state index contributed by atoms with van der Waals surface area (Å²) in [7, 11) is 1.57. The first-order valence-electron chi connectivity index (χ1n) is 9.83. The van der Waals surface area contributed by atoms with Gasteiger partial charge in [-0.1, -0.05) is 71.3 Å². The average Bonchev–Trinajstić information content (AvgIpc) is 3.26. The molecule has 0 saturated carbocycles. The van der Waals surface area contributed by atoms with E-state index in [9.17, 15) is 4.79 Å². The van der Waals surface area contributed by atoms with Crippen molar-refractivity contribution in [3.8, 4) is 28.8 Å². The Balaban J connectivity index is 1.60. The standard InChI is InChI=1S/C24H20ClN3O4/c1-30-21-13-6-5-12-20(21)28-23(18-10-7-11-19(25)14-18)26-27-24(28)32-16-22(29)31-15-17-8-3-2-4-9-17/h2-14H,15-16H2,1H3. The van der Waals surface area contributed by atoms with Gasteiger partial charge in [0.05, 0.1) is 12.8 Å². The summed E-state index contributed by atoms with van der Waals surface area (Å²) < 4.78 is 18.2. The van der Waals surface area contributed by atoms with Gasteiger partial charge in [-0.05, 0) is 29.8 Å². The second-order valence-corrected chi connectivity index (χ2v) is 7.20. The fraction of sp³-hybridized carbons (Fsp3) is 0.125. The van der Waals surface area contributed by atoms with E-state index in [1.807, 2.05) is 66.7 Å². The smallest absolute Gasteiger partial charge is 0.344 e. The molecule has 0 bridgehead atoms. The lowest BCUT2D eigenvalue weighted by Crippen LogP contribution is -2.16. The molecular formula is C24H20ClN3O4. The number of hydrogen-bond donors (Lipinski definition) is 0. The number of ether oxygens (including phenoxy) is 3. The molecule has 8 heteroatoms. The third kappa shape index (κ3) is 4.90. The highest BCUT2D eigenvalue weighted by Crippen LogP contribution is 2.32. The summed E-state index contributed by atoms with van der Waals surface area (Å²) in [5, 5.41) is 8.98. The Morgan fingerprint density at radius 2 is 1.75 bits per heavy atom. The predicted octanol–water partition coefficient (Wildman–Crippen LogP) is 4.72. The van der Waals surface area contributed by atoms with Crippen molar-refractivity contribution in [3.63, 3.8) is 0 Å². The van der Waals surface area contributed by atoms with Gasteiger partial charge in [0.15, 0.2) is 12.4 Å². The number of benzene rings is 3. The summed E-state index contributed by atoms with van der Waals surface area (Å²) in [5.74, 6) is 0.560. The van der Waals surface area contributed by atoms with Crippen LogP contribution in [0.4, 0.5) is 0 Å². The monoisotopic (exact) mass is 449 g/mol. The molecule has 0 aliphatic carbocycles. The van der Waals surface area contributed by atoms with Crippen LogP contribution < -0.4 is 9.47 Å². The first-order valence-corrected chi connectivity index (χ1v) is 10.2. The molecule has 0 aliphatic heterocycles. The Labute approximate surface area is 190 Å². The Morgan fingerprint density at radius 1 is 0.969 bits per heavy atom. The number of hydrogen-bond acceptors (Lipinski definition) is 6. The molecule has 1 aromatic heterocycles. The largest absolute Gasteiger partial charge is 0.495 e. The SMILES string of the molecule is COc1ccccc1-n1c(OCC(=O)OCc2ccccc2)nnc1-c1cccc(Cl)c1. The van der Waals surface area contributed by atoms with Gasteiger partial charge in [0.1, 0.15) is 12.4 Å². The van der Waals surface area contributed by atoms with Crippen LogP contribution >= 0.6 is 11.6 Å². The van der Waals surface area contributed by atoms with Gasteiger partial charge < -0.3 is 14.2 Å². The molecule has 0 unspecified atom stereocenters. The number of para-hydroxylation sites is 2. The van der Waals surface area contributed by atoms with Crippen LogP contribution in [-0.2, 0) is 16.1 Å². The molecule has 4 aromatic rings. The highest BCUT2D eigenvalue weighted by molar-refractivity contribution is 6.30. The van der Waals surface area contributed by atoms with Gasteiger partial charge in [-0.3, -0.25) is 0 Å². The van der Waals surface area contributed by atoms with E-state index in [1.165, 1.54) is 0 Å². The number of carbonyl (C=O) groups excluding carboxylic acids is 1. The van der Waals surface area contributed by atoms with Gasteiger partial charge in [0.2, 0.25) is 0 Å². The fourth-order valence-electron chi connectivity index (χ4n) is 3.11. The predicted molar refractivity (Wildman–Crippen MR) is 120 cm³/mol. The van der Waals surface area contributed by atoms with Crippen LogP contribution in [0.3, 0.4) is 0 Å². The molecule has 3 aromatic carbocycles. The van der Waals surface area contributed by atoms with Gasteiger partial charge >= 0.3 is 12.0 Å². The highest BCUT2D eigenvalue weighted by Gasteiger charge is 2.21. The molecule has 0 aliphatic rings. The van der Waals surface area contributed by atoms with E-state index >= 15 is 0 Å². The zero-order chi connectivity index (χ0) is 22.3. The van der Waals surface area contributed by atoms with Crippen LogP contribution in [0.15, 0.2) is 78.9 Å². The molecule has 0 atom stereocenters. The molecule has 0 radical (unpaired) electrons. The van der Waals surface area contributed by atoms with Gasteiger partial charge in [0.25, 0.3) is 0 Å². The minimum atomic E-state index is -0.521. The minimum absolute atomic E-state index is 0.126. The molecule has 0 saturated heterocycles. The first-order chi connectivity index (χ1) is 15.7. The Bertz CT molecular complexity index is 1210. The number of halogens is 1. The lowest BCUT2D eigenvalue weighted by molar-refractivity contribution is -0.147. The number of methoxy groups -OCH3 is 1. The van der Waals surface area contributed by atoms with E-state index in [-0.39, 0.29) is 19.2 Å². The minimum Gasteiger partial charge on any atom is -0.495 e. The van der Waals surface area contributed by atoms with Crippen molar-refractivity contribution in [1.29, 1.82) is 0 Å². The van der Waals surface area contributed by atoms with Gasteiger partial charge in [-0.2, -0.15) is 0 Å². The second-order valence-electron chi connectivity index (χ2n) is 6.76. The maximum atomic E-state index is 12.2. The lowest BCUT2D eigenvalue weighted by atomic mass is 10.2. The molecule has 1 heterocycles. The summed E-state index contributed by atoms with van der Waals surface area (Å²) in [4.78, 5) is 12.2. The van der Waals surface area contributed by atoms with Crippen LogP contribution in [0.25, 0.3) is 17.1 Å². The number of carbonyl (C=O) groups is 1. The first kappa shape index (κ1) is 21.4. The summed E-state index contributed by atoms with van der Waals surface area (Å²) in [6.07, 6.45) is 0. The normalized spacial score (nSPS) is 10.6. The van der Waals surface area contributed by atoms with Crippen molar-refractivity contribution in [2.75, 3.05) is 13.7 Å². The van der Waals surface area contributed by atoms with E-state index < -0.39 is 5.97 Å². The van der Waals surface area contributed by atoms with Crippen LogP contribution in [0, 0.1) is 0 Å². The Morgan fingerprint density at radius 3 is 2.53 bits per heavy atom. The summed E-state index contributed by atoms with van der Waals surface area (Å²) in [6.45, 7) is -0.161. The molecule has 0 amide bonds. The van der Waals surface area contributed by atoms with Crippen molar-refractivity contribution in [3.05, 3.63) is 89.4 Å². The van der Waals surface area contributed by atoms with E-state index in [0.717, 1.165) is 11.1 Å². The third-order valence-corrected chi connectivity index (χ3v) is 4.84. The third-order valence-electron chi connectivity index (χ3n) is 4.60. The summed E-state index contributed by atoms with van der Waals surface area (Å²) in [6, 6.07) is 24.1. The van der Waals surface area contributed by atoms with Crippen molar-refractivity contribution < 1.29 is 19.0 Å². The zero-order valence-corrected chi connectivity index (χ0v) is 18.0. The van der Waals surface area contributed by atoms with E-state index in [4.69, 9.17) is 25.8 Å². The van der Waals surface area contributed by atoms with Crippen molar-refractivity contribution in [1.82, 2.24) is 14.8 Å². The van der Waals surface area contributed by atoms with Crippen molar-refractivity contribution >= 4 is 17.6 Å². The van der Waals surface area contributed by atoms with Crippen LogP contribution in [0.5, 0.6) is 11.8 Å². The number of esters is 1. The Hall–Kier alpha value is -3.84. The molecule has 162 valence electrons. The second kappa shape index (κ2) is 9.98. The maximum absolute atomic E-state index is 12.2. The molecule has 0 spiro atoms. The van der Waals surface area contributed by atoms with Crippen LogP contribution in [0.1, 0.15) is 5.56 Å². The highest BCUT2D eigenvalue weighted by atomic mass is 35.5.